The monoisotopic (exact) mass is 364 g/mol. The number of amides is 2. The average Bonchev–Trinajstić information content (AvgIpc) is 3.04. The van der Waals surface area contributed by atoms with Crippen molar-refractivity contribution < 1.29 is 14.0 Å². The van der Waals surface area contributed by atoms with Gasteiger partial charge in [-0.2, -0.15) is 0 Å². The number of para-hydroxylation sites is 1. The van der Waals surface area contributed by atoms with Gasteiger partial charge in [-0.1, -0.05) is 37.3 Å². The van der Waals surface area contributed by atoms with Crippen molar-refractivity contribution in [3.63, 3.8) is 0 Å². The van der Waals surface area contributed by atoms with Crippen LogP contribution in [0.25, 0.3) is 11.0 Å². The van der Waals surface area contributed by atoms with Gasteiger partial charge in [0.05, 0.1) is 0 Å². The van der Waals surface area contributed by atoms with E-state index in [1.165, 1.54) is 6.92 Å². The molecule has 0 unspecified atom stereocenters. The predicted molar refractivity (Wildman–Crippen MR) is 105 cm³/mol. The van der Waals surface area contributed by atoms with Crippen LogP contribution < -0.4 is 5.32 Å². The van der Waals surface area contributed by atoms with E-state index in [0.29, 0.717) is 18.7 Å². The molecule has 0 saturated carbocycles. The Labute approximate surface area is 159 Å². The number of nitrogens with one attached hydrogen (secondary N) is 1. The number of rotatable bonds is 6. The van der Waals surface area contributed by atoms with Gasteiger partial charge in [-0.15, -0.1) is 0 Å². The SMILES string of the molecule is CCc1oc2ccccc2c1CN(C)C(=O)c1ccc(CNC(C)=O)cc1. The Bertz CT molecular complexity index is 957. The lowest BCUT2D eigenvalue weighted by Gasteiger charge is -2.18. The van der Waals surface area contributed by atoms with Crippen LogP contribution in [0.1, 0.15) is 41.1 Å². The number of hydrogen-bond donors (Lipinski definition) is 1. The summed E-state index contributed by atoms with van der Waals surface area (Å²) in [6.07, 6.45) is 0.782. The topological polar surface area (TPSA) is 62.6 Å². The van der Waals surface area contributed by atoms with Gasteiger partial charge in [-0.3, -0.25) is 9.59 Å². The van der Waals surface area contributed by atoms with E-state index in [-0.39, 0.29) is 11.8 Å². The van der Waals surface area contributed by atoms with Crippen LogP contribution in [0.2, 0.25) is 0 Å². The molecule has 5 nitrogen and oxygen atoms in total. The quantitative estimate of drug-likeness (QED) is 0.721. The second-order valence-corrected chi connectivity index (χ2v) is 6.62. The molecule has 0 aliphatic heterocycles. The molecule has 0 aliphatic rings. The molecule has 0 radical (unpaired) electrons. The van der Waals surface area contributed by atoms with Gasteiger partial charge in [0.25, 0.3) is 5.91 Å². The van der Waals surface area contributed by atoms with Crippen molar-refractivity contribution in [1.29, 1.82) is 0 Å². The van der Waals surface area contributed by atoms with E-state index in [2.05, 4.69) is 12.2 Å². The molecule has 1 heterocycles. The van der Waals surface area contributed by atoms with E-state index in [0.717, 1.165) is 34.3 Å². The first-order chi connectivity index (χ1) is 13.0. The summed E-state index contributed by atoms with van der Waals surface area (Å²) in [6, 6.07) is 15.2. The Morgan fingerprint density at radius 3 is 2.44 bits per heavy atom. The van der Waals surface area contributed by atoms with Crippen molar-refractivity contribution in [2.45, 2.75) is 33.4 Å². The lowest BCUT2D eigenvalue weighted by molar-refractivity contribution is -0.119. The highest BCUT2D eigenvalue weighted by molar-refractivity contribution is 5.94. The number of benzene rings is 2. The minimum Gasteiger partial charge on any atom is -0.461 e. The minimum atomic E-state index is -0.0750. The molecule has 5 heteroatoms. The molecule has 0 aliphatic carbocycles. The lowest BCUT2D eigenvalue weighted by Crippen LogP contribution is -2.26. The fourth-order valence-electron chi connectivity index (χ4n) is 3.13. The minimum absolute atomic E-state index is 0.0478. The summed E-state index contributed by atoms with van der Waals surface area (Å²) >= 11 is 0. The third-order valence-corrected chi connectivity index (χ3v) is 4.59. The highest BCUT2D eigenvalue weighted by Gasteiger charge is 2.18. The van der Waals surface area contributed by atoms with Crippen molar-refractivity contribution >= 4 is 22.8 Å². The maximum atomic E-state index is 12.8. The Balaban J connectivity index is 1.75. The van der Waals surface area contributed by atoms with Crippen LogP contribution in [0.5, 0.6) is 0 Å². The van der Waals surface area contributed by atoms with E-state index in [4.69, 9.17) is 4.42 Å². The summed E-state index contributed by atoms with van der Waals surface area (Å²) in [5, 5.41) is 3.80. The Morgan fingerprint density at radius 1 is 1.07 bits per heavy atom. The molecular formula is C22H24N2O3. The third kappa shape index (κ3) is 4.19. The van der Waals surface area contributed by atoms with Gasteiger partial charge in [0.2, 0.25) is 5.91 Å². The molecule has 0 spiro atoms. The molecule has 3 rings (SSSR count). The van der Waals surface area contributed by atoms with E-state index in [9.17, 15) is 9.59 Å². The molecule has 1 N–H and O–H groups in total. The van der Waals surface area contributed by atoms with Gasteiger partial charge in [0, 0.05) is 50.0 Å². The zero-order valence-electron chi connectivity index (χ0n) is 15.9. The fourth-order valence-corrected chi connectivity index (χ4v) is 3.13. The molecule has 2 amide bonds. The van der Waals surface area contributed by atoms with Gasteiger partial charge < -0.3 is 14.6 Å². The number of fused-ring (bicyclic) bond motifs is 1. The maximum Gasteiger partial charge on any atom is 0.253 e. The first-order valence-corrected chi connectivity index (χ1v) is 9.07. The Morgan fingerprint density at radius 2 is 1.78 bits per heavy atom. The van der Waals surface area contributed by atoms with Gasteiger partial charge in [0.1, 0.15) is 11.3 Å². The molecule has 0 fully saturated rings. The van der Waals surface area contributed by atoms with Crippen molar-refractivity contribution in [2.24, 2.45) is 0 Å². The lowest BCUT2D eigenvalue weighted by atomic mass is 10.1. The first-order valence-electron chi connectivity index (χ1n) is 9.07. The first kappa shape index (κ1) is 18.7. The number of furan rings is 1. The van der Waals surface area contributed by atoms with Crippen LogP contribution in [-0.2, 0) is 24.3 Å². The molecule has 3 aromatic rings. The van der Waals surface area contributed by atoms with Crippen LogP contribution in [0.4, 0.5) is 0 Å². The average molecular weight is 364 g/mol. The molecular weight excluding hydrogens is 340 g/mol. The van der Waals surface area contributed by atoms with E-state index >= 15 is 0 Å². The van der Waals surface area contributed by atoms with E-state index in [1.807, 2.05) is 36.4 Å². The molecule has 140 valence electrons. The van der Waals surface area contributed by atoms with Crippen molar-refractivity contribution in [1.82, 2.24) is 10.2 Å². The van der Waals surface area contributed by atoms with Crippen LogP contribution in [-0.4, -0.2) is 23.8 Å². The largest absolute Gasteiger partial charge is 0.461 e. The second-order valence-electron chi connectivity index (χ2n) is 6.62. The van der Waals surface area contributed by atoms with Crippen LogP contribution in [0, 0.1) is 0 Å². The third-order valence-electron chi connectivity index (χ3n) is 4.59. The summed E-state index contributed by atoms with van der Waals surface area (Å²) in [6.45, 7) is 4.49. The van der Waals surface area contributed by atoms with Gasteiger partial charge in [0.15, 0.2) is 0 Å². The highest BCUT2D eigenvalue weighted by atomic mass is 16.3. The molecule has 0 bridgehead atoms. The summed E-state index contributed by atoms with van der Waals surface area (Å²) in [5.41, 5.74) is 3.49. The summed E-state index contributed by atoms with van der Waals surface area (Å²) in [4.78, 5) is 25.5. The smallest absolute Gasteiger partial charge is 0.253 e. The normalized spacial score (nSPS) is 10.8. The van der Waals surface area contributed by atoms with Crippen LogP contribution >= 0.6 is 0 Å². The zero-order chi connectivity index (χ0) is 19.4. The second kappa shape index (κ2) is 8.08. The summed E-state index contributed by atoms with van der Waals surface area (Å²) in [7, 11) is 1.80. The highest BCUT2D eigenvalue weighted by Crippen LogP contribution is 2.27. The Hall–Kier alpha value is -3.08. The van der Waals surface area contributed by atoms with E-state index in [1.54, 1.807) is 24.1 Å². The van der Waals surface area contributed by atoms with Gasteiger partial charge in [-0.05, 0) is 23.8 Å². The Kier molecular flexibility index (Phi) is 5.60. The molecule has 0 saturated heterocycles. The fraction of sp³-hybridized carbons (Fsp3) is 0.273. The van der Waals surface area contributed by atoms with Crippen molar-refractivity contribution in [3.05, 3.63) is 71.0 Å². The number of nitrogens with zero attached hydrogens (tertiary/aromatic N) is 1. The van der Waals surface area contributed by atoms with Crippen LogP contribution in [0.3, 0.4) is 0 Å². The summed E-state index contributed by atoms with van der Waals surface area (Å²) < 4.78 is 5.92. The van der Waals surface area contributed by atoms with Crippen molar-refractivity contribution in [3.8, 4) is 0 Å². The predicted octanol–water partition coefficient (Wildman–Crippen LogP) is 3.90. The van der Waals surface area contributed by atoms with Gasteiger partial charge >= 0.3 is 0 Å². The molecule has 1 aromatic heterocycles. The van der Waals surface area contributed by atoms with Crippen molar-refractivity contribution in [2.75, 3.05) is 7.05 Å². The van der Waals surface area contributed by atoms with E-state index < -0.39 is 0 Å². The number of carbonyl (C=O) groups is 2. The molecule has 27 heavy (non-hydrogen) atoms. The number of hydrogen-bond acceptors (Lipinski definition) is 3. The number of aryl methyl sites for hydroxylation is 1. The molecule has 2 aromatic carbocycles. The number of carbonyl (C=O) groups excluding carboxylic acids is 2. The standard InChI is InChI=1S/C22H24N2O3/c1-4-20-19(18-7-5-6-8-21(18)27-20)14-24(3)22(26)17-11-9-16(10-12-17)13-23-15(2)25/h5-12H,4,13-14H2,1-3H3,(H,23,25). The maximum absolute atomic E-state index is 12.8. The molecule has 0 atom stereocenters. The van der Waals surface area contributed by atoms with Crippen LogP contribution in [0.15, 0.2) is 52.9 Å². The summed E-state index contributed by atoms with van der Waals surface area (Å²) in [5.74, 6) is 0.795. The van der Waals surface area contributed by atoms with Gasteiger partial charge in [-0.25, -0.2) is 0 Å². The zero-order valence-corrected chi connectivity index (χ0v) is 15.9.